The molecular formula is C10H16N4O4S. The van der Waals surface area contributed by atoms with Gasteiger partial charge in [0.25, 0.3) is 0 Å². The molecule has 0 saturated carbocycles. The van der Waals surface area contributed by atoms with Gasteiger partial charge < -0.3 is 16.0 Å². The van der Waals surface area contributed by atoms with Crippen molar-refractivity contribution in [3.63, 3.8) is 0 Å². The molecule has 9 heteroatoms. The number of imide groups is 1. The van der Waals surface area contributed by atoms with Crippen molar-refractivity contribution in [1.82, 2.24) is 15.5 Å². The molecule has 1 heterocycles. The highest BCUT2D eigenvalue weighted by molar-refractivity contribution is 7.98. The Balaban J connectivity index is 2.70. The first-order valence-corrected chi connectivity index (χ1v) is 6.99. The molecule has 0 aromatic carbocycles. The molecule has 1 fully saturated rings. The maximum absolute atomic E-state index is 12.1. The monoisotopic (exact) mass is 288 g/mol. The first-order valence-electron chi connectivity index (χ1n) is 5.60. The summed E-state index contributed by atoms with van der Waals surface area (Å²) < 4.78 is 0. The van der Waals surface area contributed by atoms with E-state index < -0.39 is 29.8 Å². The second kappa shape index (κ2) is 6.98. The topological polar surface area (TPSA) is 122 Å². The third kappa shape index (κ3) is 4.78. The van der Waals surface area contributed by atoms with Crippen LogP contribution >= 0.6 is 11.8 Å². The average molecular weight is 288 g/mol. The molecule has 0 aliphatic carbocycles. The highest BCUT2D eigenvalue weighted by atomic mass is 32.2. The van der Waals surface area contributed by atoms with Gasteiger partial charge in [0.15, 0.2) is 0 Å². The smallest absolute Gasteiger partial charge is 0.312 e. The minimum atomic E-state index is -0.816. The SMILES string of the molecule is CSCCC(NC(N)=O)C(=O)N1CC(=O)NC(=O)C1. The first-order chi connectivity index (χ1) is 8.93. The van der Waals surface area contributed by atoms with Gasteiger partial charge in [0, 0.05) is 0 Å². The highest BCUT2D eigenvalue weighted by Crippen LogP contribution is 2.06. The molecule has 0 aromatic heterocycles. The Bertz CT molecular complexity index is 385. The zero-order valence-corrected chi connectivity index (χ0v) is 11.3. The number of amides is 5. The summed E-state index contributed by atoms with van der Waals surface area (Å²) in [6.45, 7) is -0.387. The maximum atomic E-state index is 12.1. The summed E-state index contributed by atoms with van der Waals surface area (Å²) in [5.74, 6) is -0.902. The number of rotatable bonds is 5. The predicted molar refractivity (Wildman–Crippen MR) is 69.2 cm³/mol. The van der Waals surface area contributed by atoms with Gasteiger partial charge in [-0.25, -0.2) is 4.79 Å². The van der Waals surface area contributed by atoms with Crippen molar-refractivity contribution in [2.75, 3.05) is 25.1 Å². The Hall–Kier alpha value is -1.77. The van der Waals surface area contributed by atoms with Gasteiger partial charge >= 0.3 is 6.03 Å². The molecule has 0 radical (unpaired) electrons. The molecule has 0 aromatic rings. The molecule has 1 aliphatic rings. The standard InChI is InChI=1S/C10H16N4O4S/c1-19-3-2-6(12-10(11)18)9(17)14-4-7(15)13-8(16)5-14/h6H,2-5H2,1H3,(H3,11,12,18)(H,13,15,16). The lowest BCUT2D eigenvalue weighted by Gasteiger charge is -2.29. The van der Waals surface area contributed by atoms with Gasteiger partial charge in [0.05, 0.1) is 0 Å². The lowest BCUT2D eigenvalue weighted by Crippen LogP contribution is -2.58. The molecule has 1 aliphatic heterocycles. The summed E-state index contributed by atoms with van der Waals surface area (Å²) >= 11 is 1.51. The van der Waals surface area contributed by atoms with Crippen molar-refractivity contribution in [3.8, 4) is 0 Å². The number of carbonyl (C=O) groups is 4. The van der Waals surface area contributed by atoms with E-state index in [9.17, 15) is 19.2 Å². The van der Waals surface area contributed by atoms with E-state index in [4.69, 9.17) is 5.73 Å². The second-order valence-corrected chi connectivity index (χ2v) is 4.99. The number of piperazine rings is 1. The Morgan fingerprint density at radius 2 is 2.00 bits per heavy atom. The first kappa shape index (κ1) is 15.3. The van der Waals surface area contributed by atoms with Crippen molar-refractivity contribution in [1.29, 1.82) is 0 Å². The Morgan fingerprint density at radius 1 is 1.42 bits per heavy atom. The normalized spacial score (nSPS) is 16.8. The van der Waals surface area contributed by atoms with Gasteiger partial charge in [-0.1, -0.05) is 0 Å². The largest absolute Gasteiger partial charge is 0.352 e. The summed E-state index contributed by atoms with van der Waals surface area (Å²) in [6.07, 6.45) is 2.25. The Labute approximate surface area is 114 Å². The molecule has 106 valence electrons. The molecule has 8 nitrogen and oxygen atoms in total. The van der Waals surface area contributed by atoms with E-state index in [1.54, 1.807) is 0 Å². The number of carbonyl (C=O) groups excluding carboxylic acids is 4. The minimum Gasteiger partial charge on any atom is -0.352 e. The van der Waals surface area contributed by atoms with E-state index in [0.717, 1.165) is 4.90 Å². The Morgan fingerprint density at radius 3 is 2.47 bits per heavy atom. The van der Waals surface area contributed by atoms with Gasteiger partial charge in [-0.05, 0) is 18.4 Å². The minimum absolute atomic E-state index is 0.194. The Kier molecular flexibility index (Phi) is 5.61. The number of primary amides is 1. The predicted octanol–water partition coefficient (Wildman–Crippen LogP) is -1.74. The van der Waals surface area contributed by atoms with Crippen molar-refractivity contribution >= 4 is 35.5 Å². The number of thioether (sulfide) groups is 1. The van der Waals surface area contributed by atoms with Crippen LogP contribution in [0.25, 0.3) is 0 Å². The van der Waals surface area contributed by atoms with Gasteiger partial charge in [0.1, 0.15) is 19.1 Å². The summed E-state index contributed by atoms with van der Waals surface area (Å²) in [7, 11) is 0. The molecule has 4 N–H and O–H groups in total. The van der Waals surface area contributed by atoms with Crippen LogP contribution in [-0.2, 0) is 14.4 Å². The van der Waals surface area contributed by atoms with E-state index in [-0.39, 0.29) is 13.1 Å². The van der Waals surface area contributed by atoms with Crippen LogP contribution in [-0.4, -0.2) is 59.8 Å². The van der Waals surface area contributed by atoms with Crippen molar-refractivity contribution in [2.24, 2.45) is 5.73 Å². The summed E-state index contributed by atoms with van der Waals surface area (Å²) in [4.78, 5) is 46.5. The molecule has 1 saturated heterocycles. The van der Waals surface area contributed by atoms with Gasteiger partial charge in [-0.3, -0.25) is 19.7 Å². The van der Waals surface area contributed by atoms with Gasteiger partial charge in [-0.2, -0.15) is 11.8 Å². The van der Waals surface area contributed by atoms with Crippen LogP contribution in [0, 0.1) is 0 Å². The van der Waals surface area contributed by atoms with E-state index >= 15 is 0 Å². The fourth-order valence-corrected chi connectivity index (χ4v) is 2.15. The lowest BCUT2D eigenvalue weighted by atomic mass is 10.2. The zero-order valence-electron chi connectivity index (χ0n) is 10.5. The zero-order chi connectivity index (χ0) is 14.4. The average Bonchev–Trinajstić information content (AvgIpc) is 2.32. The van der Waals surface area contributed by atoms with Crippen LogP contribution in [0.3, 0.4) is 0 Å². The van der Waals surface area contributed by atoms with Crippen LogP contribution < -0.4 is 16.4 Å². The molecule has 1 atom stereocenters. The highest BCUT2D eigenvalue weighted by Gasteiger charge is 2.31. The fourth-order valence-electron chi connectivity index (χ4n) is 1.68. The van der Waals surface area contributed by atoms with Crippen molar-refractivity contribution < 1.29 is 19.2 Å². The van der Waals surface area contributed by atoms with E-state index in [0.29, 0.717) is 12.2 Å². The van der Waals surface area contributed by atoms with E-state index in [1.165, 1.54) is 11.8 Å². The number of nitrogens with zero attached hydrogens (tertiary/aromatic N) is 1. The lowest BCUT2D eigenvalue weighted by molar-refractivity contribution is -0.146. The van der Waals surface area contributed by atoms with Crippen LogP contribution in [0.1, 0.15) is 6.42 Å². The molecule has 0 spiro atoms. The molecule has 5 amide bonds. The quantitative estimate of drug-likeness (QED) is 0.518. The maximum Gasteiger partial charge on any atom is 0.312 e. The van der Waals surface area contributed by atoms with E-state index in [1.807, 2.05) is 6.26 Å². The number of urea groups is 1. The number of nitrogens with one attached hydrogen (secondary N) is 2. The number of hydrogen-bond acceptors (Lipinski definition) is 5. The van der Waals surface area contributed by atoms with Crippen LogP contribution in [0.5, 0.6) is 0 Å². The third-order valence-electron chi connectivity index (χ3n) is 2.48. The van der Waals surface area contributed by atoms with Crippen LogP contribution in [0.15, 0.2) is 0 Å². The fraction of sp³-hybridized carbons (Fsp3) is 0.600. The van der Waals surface area contributed by atoms with Crippen LogP contribution in [0.4, 0.5) is 4.79 Å². The molecule has 0 bridgehead atoms. The molecule has 19 heavy (non-hydrogen) atoms. The van der Waals surface area contributed by atoms with Gasteiger partial charge in [-0.15, -0.1) is 0 Å². The van der Waals surface area contributed by atoms with E-state index in [2.05, 4.69) is 10.6 Å². The summed E-state index contributed by atoms with van der Waals surface area (Å²) in [6, 6.07) is -1.63. The second-order valence-electron chi connectivity index (χ2n) is 4.01. The van der Waals surface area contributed by atoms with Crippen molar-refractivity contribution in [2.45, 2.75) is 12.5 Å². The van der Waals surface area contributed by atoms with Crippen molar-refractivity contribution in [3.05, 3.63) is 0 Å². The molecule has 1 unspecified atom stereocenters. The third-order valence-corrected chi connectivity index (χ3v) is 3.13. The number of nitrogens with two attached hydrogens (primary N) is 1. The summed E-state index contributed by atoms with van der Waals surface area (Å²) in [5, 5.41) is 4.43. The summed E-state index contributed by atoms with van der Waals surface area (Å²) in [5.41, 5.74) is 5.01. The van der Waals surface area contributed by atoms with Crippen LogP contribution in [0.2, 0.25) is 0 Å². The van der Waals surface area contributed by atoms with Gasteiger partial charge in [0.2, 0.25) is 17.7 Å². The number of hydrogen-bond donors (Lipinski definition) is 3. The molecule has 1 rings (SSSR count). The molecular weight excluding hydrogens is 272 g/mol.